The lowest BCUT2D eigenvalue weighted by Gasteiger charge is -2.28. The smallest absolute Gasteiger partial charge is 0.320 e. The van der Waals surface area contributed by atoms with Crippen LogP contribution in [0.1, 0.15) is 54.3 Å². The average molecular weight is 529 g/mol. The van der Waals surface area contributed by atoms with E-state index in [1.54, 1.807) is 12.1 Å². The molecule has 3 aromatic rings. The third-order valence-corrected chi connectivity index (χ3v) is 6.64. The SMILES string of the molecule is COC(=O)CC1CCC(c2ccc(NC(=O)c3nnc(Nc4ccc(OS(C)(=O)=O)cc4)o3)cc2)CC1. The van der Waals surface area contributed by atoms with Gasteiger partial charge in [0.15, 0.2) is 0 Å². The lowest BCUT2D eigenvalue weighted by Crippen LogP contribution is -2.17. The molecule has 37 heavy (non-hydrogen) atoms. The number of esters is 1. The van der Waals surface area contributed by atoms with Crippen LogP contribution in [0.4, 0.5) is 17.4 Å². The molecule has 0 spiro atoms. The van der Waals surface area contributed by atoms with Crippen LogP contribution in [0.3, 0.4) is 0 Å². The van der Waals surface area contributed by atoms with Gasteiger partial charge in [-0.15, -0.1) is 5.10 Å². The number of nitrogens with one attached hydrogen (secondary N) is 2. The first-order valence-electron chi connectivity index (χ1n) is 11.8. The summed E-state index contributed by atoms with van der Waals surface area (Å²) in [7, 11) is -2.19. The molecule has 1 aromatic heterocycles. The molecule has 0 atom stereocenters. The summed E-state index contributed by atoms with van der Waals surface area (Å²) in [6, 6.07) is 13.7. The van der Waals surface area contributed by atoms with Gasteiger partial charge in [0, 0.05) is 17.8 Å². The predicted octanol–water partition coefficient (Wildman–Crippen LogP) is 4.24. The minimum absolute atomic E-state index is 0.0000752. The summed E-state index contributed by atoms with van der Waals surface area (Å²) >= 11 is 0. The maximum Gasteiger partial charge on any atom is 0.320 e. The van der Waals surface area contributed by atoms with E-state index >= 15 is 0 Å². The molecule has 0 aliphatic heterocycles. The highest BCUT2D eigenvalue weighted by atomic mass is 32.2. The fourth-order valence-electron chi connectivity index (χ4n) is 4.30. The van der Waals surface area contributed by atoms with Gasteiger partial charge in [-0.2, -0.15) is 8.42 Å². The van der Waals surface area contributed by atoms with Gasteiger partial charge in [0.05, 0.1) is 13.4 Å². The van der Waals surface area contributed by atoms with Crippen molar-refractivity contribution in [2.45, 2.75) is 38.0 Å². The van der Waals surface area contributed by atoms with Crippen LogP contribution in [0.15, 0.2) is 52.9 Å². The van der Waals surface area contributed by atoms with E-state index in [9.17, 15) is 18.0 Å². The van der Waals surface area contributed by atoms with E-state index in [0.717, 1.165) is 31.9 Å². The van der Waals surface area contributed by atoms with Crippen LogP contribution in [-0.2, 0) is 19.6 Å². The predicted molar refractivity (Wildman–Crippen MR) is 135 cm³/mol. The highest BCUT2D eigenvalue weighted by molar-refractivity contribution is 7.86. The van der Waals surface area contributed by atoms with Gasteiger partial charge in [-0.3, -0.25) is 9.59 Å². The Bertz CT molecular complexity index is 1330. The topological polar surface area (TPSA) is 150 Å². The number of ether oxygens (including phenoxy) is 1. The molecule has 196 valence electrons. The second-order valence-corrected chi connectivity index (χ2v) is 10.5. The van der Waals surface area contributed by atoms with Crippen LogP contribution < -0.4 is 14.8 Å². The molecular formula is C25H28N4O7S. The Morgan fingerprint density at radius 1 is 0.973 bits per heavy atom. The number of rotatable bonds is 9. The number of anilines is 3. The maximum atomic E-state index is 12.5. The van der Waals surface area contributed by atoms with E-state index in [2.05, 4.69) is 20.8 Å². The minimum atomic E-state index is -3.62. The molecule has 1 aliphatic carbocycles. The molecule has 2 aromatic carbocycles. The monoisotopic (exact) mass is 528 g/mol. The van der Waals surface area contributed by atoms with Gasteiger partial charge < -0.3 is 24.0 Å². The number of carbonyl (C=O) groups is 2. The number of benzene rings is 2. The summed E-state index contributed by atoms with van der Waals surface area (Å²) in [5.74, 6) is 0.0554. The Hall–Kier alpha value is -3.93. The number of nitrogens with zero attached hydrogens (tertiary/aromatic N) is 2. The third-order valence-electron chi connectivity index (χ3n) is 6.14. The summed E-state index contributed by atoms with van der Waals surface area (Å²) in [4.78, 5) is 24.0. The van der Waals surface area contributed by atoms with E-state index in [-0.39, 0.29) is 23.6 Å². The Labute approximate surface area is 214 Å². The molecule has 1 aliphatic rings. The fourth-order valence-corrected chi connectivity index (χ4v) is 4.76. The summed E-state index contributed by atoms with van der Waals surface area (Å²) in [5.41, 5.74) is 2.33. The molecule has 4 rings (SSSR count). The maximum absolute atomic E-state index is 12.5. The summed E-state index contributed by atoms with van der Waals surface area (Å²) in [6.45, 7) is 0. The molecule has 0 saturated heterocycles. The lowest BCUT2D eigenvalue weighted by molar-refractivity contribution is -0.142. The molecule has 0 bridgehead atoms. The molecule has 1 saturated carbocycles. The van der Waals surface area contributed by atoms with Gasteiger partial charge in [0.2, 0.25) is 0 Å². The van der Waals surface area contributed by atoms with E-state index in [0.29, 0.717) is 29.6 Å². The van der Waals surface area contributed by atoms with Crippen molar-refractivity contribution in [1.29, 1.82) is 0 Å². The Kier molecular flexibility index (Phi) is 8.07. The molecule has 1 fully saturated rings. The van der Waals surface area contributed by atoms with Gasteiger partial charge in [-0.25, -0.2) is 0 Å². The number of hydrogen-bond donors (Lipinski definition) is 2. The summed E-state index contributed by atoms with van der Waals surface area (Å²) in [6.07, 6.45) is 5.44. The number of carbonyl (C=O) groups excluding carboxylic acids is 2. The van der Waals surface area contributed by atoms with Crippen molar-refractivity contribution in [2.75, 3.05) is 24.0 Å². The average Bonchev–Trinajstić information content (AvgIpc) is 3.34. The van der Waals surface area contributed by atoms with Crippen molar-refractivity contribution >= 4 is 39.4 Å². The van der Waals surface area contributed by atoms with E-state index in [4.69, 9.17) is 13.3 Å². The van der Waals surface area contributed by atoms with E-state index < -0.39 is 16.0 Å². The highest BCUT2D eigenvalue weighted by Gasteiger charge is 2.24. The van der Waals surface area contributed by atoms with Crippen LogP contribution in [0.2, 0.25) is 0 Å². The molecular weight excluding hydrogens is 500 g/mol. The van der Waals surface area contributed by atoms with Gasteiger partial charge in [0.1, 0.15) is 5.75 Å². The van der Waals surface area contributed by atoms with Crippen molar-refractivity contribution in [3.05, 3.63) is 60.0 Å². The first-order valence-corrected chi connectivity index (χ1v) is 13.6. The lowest BCUT2D eigenvalue weighted by atomic mass is 9.77. The molecule has 1 heterocycles. The van der Waals surface area contributed by atoms with E-state index in [1.807, 2.05) is 24.3 Å². The second-order valence-electron chi connectivity index (χ2n) is 8.92. The standard InChI is InChI=1S/C25H28N4O7S/c1-34-22(30)15-16-3-5-17(6-4-16)18-7-9-19(10-8-18)26-23(31)24-28-29-25(35-24)27-20-11-13-21(14-12-20)36-37(2,32)33/h7-14,16-17H,3-6,15H2,1-2H3,(H,26,31)(H,27,29). The molecule has 2 N–H and O–H groups in total. The first-order chi connectivity index (χ1) is 17.7. The van der Waals surface area contributed by atoms with Crippen molar-refractivity contribution < 1.29 is 31.3 Å². The van der Waals surface area contributed by atoms with Gasteiger partial charge >= 0.3 is 33.9 Å². The van der Waals surface area contributed by atoms with Crippen molar-refractivity contribution in [3.8, 4) is 5.75 Å². The van der Waals surface area contributed by atoms with Crippen LogP contribution in [-0.4, -0.2) is 43.9 Å². The van der Waals surface area contributed by atoms with Gasteiger partial charge in [-0.1, -0.05) is 17.2 Å². The van der Waals surface area contributed by atoms with Crippen LogP contribution in [0.5, 0.6) is 5.75 Å². The molecule has 0 radical (unpaired) electrons. The molecule has 1 amide bonds. The Balaban J connectivity index is 1.28. The van der Waals surface area contributed by atoms with Crippen LogP contribution >= 0.6 is 0 Å². The zero-order valence-electron chi connectivity index (χ0n) is 20.5. The molecule has 0 unspecified atom stereocenters. The fraction of sp³-hybridized carbons (Fsp3) is 0.360. The van der Waals surface area contributed by atoms with Crippen LogP contribution in [0, 0.1) is 5.92 Å². The molecule has 11 nitrogen and oxygen atoms in total. The summed E-state index contributed by atoms with van der Waals surface area (Å²) < 4.78 is 37.3. The minimum Gasteiger partial charge on any atom is -0.469 e. The number of methoxy groups -OCH3 is 1. The van der Waals surface area contributed by atoms with E-state index in [1.165, 1.54) is 24.8 Å². The normalized spacial score (nSPS) is 17.6. The second kappa shape index (κ2) is 11.4. The van der Waals surface area contributed by atoms with Crippen molar-refractivity contribution in [1.82, 2.24) is 10.2 Å². The van der Waals surface area contributed by atoms with Crippen LogP contribution in [0.25, 0.3) is 0 Å². The van der Waals surface area contributed by atoms with Crippen molar-refractivity contribution in [3.63, 3.8) is 0 Å². The van der Waals surface area contributed by atoms with Gasteiger partial charge in [0.25, 0.3) is 0 Å². The molecule has 12 heteroatoms. The highest BCUT2D eigenvalue weighted by Crippen LogP contribution is 2.37. The Morgan fingerprint density at radius 3 is 2.24 bits per heavy atom. The first kappa shape index (κ1) is 26.1. The zero-order valence-corrected chi connectivity index (χ0v) is 21.3. The quantitative estimate of drug-likeness (QED) is 0.305. The summed E-state index contributed by atoms with van der Waals surface area (Å²) in [5, 5.41) is 13.2. The number of hydrogen-bond acceptors (Lipinski definition) is 10. The number of aromatic nitrogens is 2. The number of amides is 1. The largest absolute Gasteiger partial charge is 0.469 e. The van der Waals surface area contributed by atoms with Gasteiger partial charge in [-0.05, 0) is 79.5 Å². The van der Waals surface area contributed by atoms with Crippen molar-refractivity contribution in [2.24, 2.45) is 5.92 Å². The zero-order chi connectivity index (χ0) is 26.4. The third kappa shape index (κ3) is 7.53. The Morgan fingerprint density at radius 2 is 1.62 bits per heavy atom.